The van der Waals surface area contributed by atoms with Gasteiger partial charge in [0.05, 0.1) is 0 Å². The van der Waals surface area contributed by atoms with Crippen molar-refractivity contribution in [1.82, 2.24) is 0 Å². The molecule has 0 aliphatic heterocycles. The molecule has 0 aromatic heterocycles. The number of carbonyl (C=O) groups is 2. The second-order valence-corrected chi connectivity index (χ2v) is 6.20. The van der Waals surface area contributed by atoms with Crippen LogP contribution in [0.2, 0.25) is 0 Å². The number of Topliss-reactive ketones (excluding diaryl/α,β-unsaturated/α-hetero) is 1. The quantitative estimate of drug-likeness (QED) is 0.643. The fourth-order valence-electron chi connectivity index (χ4n) is 4.38. The summed E-state index contributed by atoms with van der Waals surface area (Å²) in [6.07, 6.45) is 8.92. The minimum atomic E-state index is 0.00833. The van der Waals surface area contributed by atoms with Crippen molar-refractivity contribution in [1.29, 1.82) is 0 Å². The Balaban J connectivity index is 2.05. The lowest BCUT2D eigenvalue weighted by atomic mass is 9.59. The molecule has 3 unspecified atom stereocenters. The fourth-order valence-corrected chi connectivity index (χ4v) is 4.38. The molecule has 2 heteroatoms. The van der Waals surface area contributed by atoms with Crippen molar-refractivity contribution in [3.8, 4) is 0 Å². The maximum absolute atomic E-state index is 12.2. The van der Waals surface area contributed by atoms with Crippen molar-refractivity contribution in [2.45, 2.75) is 51.9 Å². The highest BCUT2D eigenvalue weighted by Crippen LogP contribution is 2.56. The highest BCUT2D eigenvalue weighted by atomic mass is 16.1. The van der Waals surface area contributed by atoms with Gasteiger partial charge in [-0.25, -0.2) is 0 Å². The maximum atomic E-state index is 12.2. The van der Waals surface area contributed by atoms with E-state index in [-0.39, 0.29) is 23.0 Å². The molecule has 3 aliphatic rings. The third kappa shape index (κ3) is 1.61. The Kier molecular flexibility index (Phi) is 2.49. The Labute approximate surface area is 102 Å². The Morgan fingerprint density at radius 1 is 1.18 bits per heavy atom. The number of hydrogen-bond acceptors (Lipinski definition) is 2. The Bertz CT molecular complexity index is 407. The van der Waals surface area contributed by atoms with Crippen molar-refractivity contribution in [3.05, 3.63) is 11.6 Å². The topological polar surface area (TPSA) is 34.1 Å². The number of allylic oxidation sites excluding steroid dienone is 2. The first-order valence-corrected chi connectivity index (χ1v) is 6.86. The Hall–Kier alpha value is -0.920. The number of rotatable bonds is 0. The van der Waals surface area contributed by atoms with Gasteiger partial charge in [-0.1, -0.05) is 12.0 Å². The highest BCUT2D eigenvalue weighted by molar-refractivity contribution is 5.98. The summed E-state index contributed by atoms with van der Waals surface area (Å²) >= 11 is 0. The van der Waals surface area contributed by atoms with Crippen LogP contribution in [0.5, 0.6) is 0 Å². The zero-order valence-electron chi connectivity index (χ0n) is 10.5. The molecule has 0 heterocycles. The molecule has 92 valence electrons. The molecule has 2 saturated carbocycles. The van der Waals surface area contributed by atoms with Crippen LogP contribution >= 0.6 is 0 Å². The molecular formula is C15H20O2. The summed E-state index contributed by atoms with van der Waals surface area (Å²) in [5, 5.41) is 0. The molecule has 0 amide bonds. The fraction of sp³-hybridized carbons (Fsp3) is 0.733. The van der Waals surface area contributed by atoms with Crippen molar-refractivity contribution in [2.24, 2.45) is 17.3 Å². The standard InChI is InChI=1S/C15H20O2/c1-10-4-7-15-6-2-3-11(13(17)9-10)14(15)12(16)5-8-15/h9,11,14H,2-8H2,1H3. The van der Waals surface area contributed by atoms with Crippen LogP contribution in [0.1, 0.15) is 51.9 Å². The summed E-state index contributed by atoms with van der Waals surface area (Å²) in [4.78, 5) is 24.4. The lowest BCUT2D eigenvalue weighted by Crippen LogP contribution is -2.42. The van der Waals surface area contributed by atoms with E-state index in [2.05, 4.69) is 6.92 Å². The molecular weight excluding hydrogens is 212 g/mol. The van der Waals surface area contributed by atoms with E-state index < -0.39 is 0 Å². The SMILES string of the molecule is CC1=CC(=O)C2CCCC3(CCC(=O)C23)CC1. The van der Waals surface area contributed by atoms with Crippen LogP contribution in [0, 0.1) is 17.3 Å². The highest BCUT2D eigenvalue weighted by Gasteiger charge is 2.54. The van der Waals surface area contributed by atoms with Crippen LogP contribution < -0.4 is 0 Å². The van der Waals surface area contributed by atoms with Crippen LogP contribution in [0.15, 0.2) is 11.6 Å². The molecule has 3 rings (SSSR count). The Morgan fingerprint density at radius 2 is 1.94 bits per heavy atom. The van der Waals surface area contributed by atoms with Crippen molar-refractivity contribution in [2.75, 3.05) is 0 Å². The predicted molar refractivity (Wildman–Crippen MR) is 65.5 cm³/mol. The van der Waals surface area contributed by atoms with Gasteiger partial charge in [-0.3, -0.25) is 9.59 Å². The van der Waals surface area contributed by atoms with Crippen LogP contribution in [-0.4, -0.2) is 11.6 Å². The first kappa shape index (κ1) is 11.2. The van der Waals surface area contributed by atoms with Crippen molar-refractivity contribution < 1.29 is 9.59 Å². The van der Waals surface area contributed by atoms with E-state index in [1.54, 1.807) is 0 Å². The lowest BCUT2D eigenvalue weighted by Gasteiger charge is -2.43. The van der Waals surface area contributed by atoms with E-state index in [9.17, 15) is 9.59 Å². The molecule has 0 saturated heterocycles. The van der Waals surface area contributed by atoms with Gasteiger partial charge in [0, 0.05) is 18.3 Å². The third-order valence-electron chi connectivity index (χ3n) is 5.24. The third-order valence-corrected chi connectivity index (χ3v) is 5.24. The molecule has 0 aromatic rings. The maximum Gasteiger partial charge on any atom is 0.159 e. The molecule has 2 nitrogen and oxygen atoms in total. The summed E-state index contributed by atoms with van der Waals surface area (Å²) in [5.74, 6) is 0.671. The van der Waals surface area contributed by atoms with Crippen LogP contribution in [0.25, 0.3) is 0 Å². The average molecular weight is 232 g/mol. The first-order chi connectivity index (χ1) is 8.12. The van der Waals surface area contributed by atoms with Gasteiger partial charge >= 0.3 is 0 Å². The molecule has 17 heavy (non-hydrogen) atoms. The molecule has 3 atom stereocenters. The molecule has 0 N–H and O–H groups in total. The van der Waals surface area contributed by atoms with Crippen molar-refractivity contribution in [3.63, 3.8) is 0 Å². The molecule has 0 radical (unpaired) electrons. The zero-order chi connectivity index (χ0) is 12.0. The second-order valence-electron chi connectivity index (χ2n) is 6.20. The number of carbonyl (C=O) groups excluding carboxylic acids is 2. The predicted octanol–water partition coefficient (Wildman–Crippen LogP) is 3.06. The molecule has 0 aromatic carbocycles. The largest absolute Gasteiger partial charge is 0.299 e. The van der Waals surface area contributed by atoms with E-state index >= 15 is 0 Å². The van der Waals surface area contributed by atoms with Gasteiger partial charge in [0.25, 0.3) is 0 Å². The Morgan fingerprint density at radius 3 is 2.76 bits per heavy atom. The van der Waals surface area contributed by atoms with Gasteiger partial charge in [0.2, 0.25) is 0 Å². The van der Waals surface area contributed by atoms with Gasteiger partial charge in [0.15, 0.2) is 5.78 Å². The summed E-state index contributed by atoms with van der Waals surface area (Å²) in [7, 11) is 0. The molecule has 2 bridgehead atoms. The van der Waals surface area contributed by atoms with E-state index in [4.69, 9.17) is 0 Å². The smallest absolute Gasteiger partial charge is 0.159 e. The molecule has 0 spiro atoms. The average Bonchev–Trinajstić information content (AvgIpc) is 2.64. The summed E-state index contributed by atoms with van der Waals surface area (Å²) in [6.45, 7) is 2.06. The minimum absolute atomic E-state index is 0.00833. The monoisotopic (exact) mass is 232 g/mol. The molecule has 2 fully saturated rings. The van der Waals surface area contributed by atoms with Crippen LogP contribution in [0.3, 0.4) is 0 Å². The number of hydrogen-bond donors (Lipinski definition) is 0. The molecule has 3 aliphatic carbocycles. The van der Waals surface area contributed by atoms with Gasteiger partial charge < -0.3 is 0 Å². The van der Waals surface area contributed by atoms with E-state index in [0.29, 0.717) is 12.2 Å². The lowest BCUT2D eigenvalue weighted by molar-refractivity contribution is -0.134. The first-order valence-electron chi connectivity index (χ1n) is 6.86. The second kappa shape index (κ2) is 3.79. The van der Waals surface area contributed by atoms with E-state index in [1.165, 1.54) is 12.0 Å². The van der Waals surface area contributed by atoms with Gasteiger partial charge in [-0.2, -0.15) is 0 Å². The van der Waals surface area contributed by atoms with E-state index in [1.807, 2.05) is 6.08 Å². The zero-order valence-corrected chi connectivity index (χ0v) is 10.5. The van der Waals surface area contributed by atoms with E-state index in [0.717, 1.165) is 32.1 Å². The normalized spacial score (nSPS) is 41.6. The minimum Gasteiger partial charge on any atom is -0.299 e. The number of ketones is 2. The summed E-state index contributed by atoms with van der Waals surface area (Å²) < 4.78 is 0. The van der Waals surface area contributed by atoms with Gasteiger partial charge in [-0.15, -0.1) is 0 Å². The van der Waals surface area contributed by atoms with Crippen LogP contribution in [0.4, 0.5) is 0 Å². The summed E-state index contributed by atoms with van der Waals surface area (Å²) in [6, 6.07) is 0. The van der Waals surface area contributed by atoms with Gasteiger partial charge in [-0.05, 0) is 50.5 Å². The summed E-state index contributed by atoms with van der Waals surface area (Å²) in [5.41, 5.74) is 1.39. The van der Waals surface area contributed by atoms with Gasteiger partial charge in [0.1, 0.15) is 5.78 Å². The van der Waals surface area contributed by atoms with Crippen LogP contribution in [-0.2, 0) is 9.59 Å². The van der Waals surface area contributed by atoms with Crippen molar-refractivity contribution >= 4 is 11.6 Å².